The van der Waals surface area contributed by atoms with Gasteiger partial charge in [-0.3, -0.25) is 9.59 Å². The quantitative estimate of drug-likeness (QED) is 0.718. The first kappa shape index (κ1) is 16.5. The number of hydrogen-bond donors (Lipinski definition) is 2. The highest BCUT2D eigenvalue weighted by atomic mass is 16.6. The van der Waals surface area contributed by atoms with Gasteiger partial charge in [0.15, 0.2) is 0 Å². The van der Waals surface area contributed by atoms with Crippen LogP contribution < -0.4 is 5.32 Å². The number of carbonyl (C=O) groups is 3. The van der Waals surface area contributed by atoms with Crippen LogP contribution in [0.2, 0.25) is 0 Å². The van der Waals surface area contributed by atoms with E-state index < -0.39 is 23.6 Å². The largest absolute Gasteiger partial charge is 0.480 e. The third-order valence-electron chi connectivity index (χ3n) is 3.12. The van der Waals surface area contributed by atoms with Crippen LogP contribution in [0, 0.1) is 11.8 Å². The van der Waals surface area contributed by atoms with E-state index in [4.69, 9.17) is 9.84 Å². The number of hydrogen-bond acceptors (Lipinski definition) is 4. The SMILES string of the molecule is CC1CC1C(=O)N[C@H](CCC(=O)OC(C)(C)C)C(=O)O. The monoisotopic (exact) mass is 285 g/mol. The Morgan fingerprint density at radius 1 is 1.35 bits per heavy atom. The summed E-state index contributed by atoms with van der Waals surface area (Å²) in [6.45, 7) is 7.18. The van der Waals surface area contributed by atoms with E-state index in [1.54, 1.807) is 20.8 Å². The molecule has 0 aromatic rings. The minimum Gasteiger partial charge on any atom is -0.480 e. The molecule has 20 heavy (non-hydrogen) atoms. The van der Waals surface area contributed by atoms with Crippen LogP contribution in [0.25, 0.3) is 0 Å². The van der Waals surface area contributed by atoms with Gasteiger partial charge in [-0.2, -0.15) is 0 Å². The van der Waals surface area contributed by atoms with Gasteiger partial charge in [-0.15, -0.1) is 0 Å². The lowest BCUT2D eigenvalue weighted by Gasteiger charge is -2.20. The molecule has 1 aliphatic rings. The molecule has 0 spiro atoms. The summed E-state index contributed by atoms with van der Waals surface area (Å²) in [5.74, 6) is -1.60. The molecule has 6 heteroatoms. The molecule has 0 aromatic carbocycles. The van der Waals surface area contributed by atoms with Gasteiger partial charge < -0.3 is 15.2 Å². The molecule has 1 aliphatic carbocycles. The molecule has 3 atom stereocenters. The maximum atomic E-state index is 11.7. The van der Waals surface area contributed by atoms with Gasteiger partial charge in [-0.05, 0) is 39.5 Å². The van der Waals surface area contributed by atoms with Gasteiger partial charge in [0.05, 0.1) is 0 Å². The number of nitrogens with one attached hydrogen (secondary N) is 1. The van der Waals surface area contributed by atoms with Crippen LogP contribution in [0.5, 0.6) is 0 Å². The van der Waals surface area contributed by atoms with Crippen molar-refractivity contribution in [3.8, 4) is 0 Å². The van der Waals surface area contributed by atoms with Gasteiger partial charge in [0.1, 0.15) is 11.6 Å². The summed E-state index contributed by atoms with van der Waals surface area (Å²) in [5, 5.41) is 11.5. The third-order valence-corrected chi connectivity index (χ3v) is 3.12. The zero-order valence-electron chi connectivity index (χ0n) is 12.4. The zero-order chi connectivity index (χ0) is 15.5. The molecule has 2 N–H and O–H groups in total. The molecule has 0 saturated heterocycles. The van der Waals surface area contributed by atoms with E-state index in [0.29, 0.717) is 5.92 Å². The summed E-state index contributed by atoms with van der Waals surface area (Å²) >= 11 is 0. The van der Waals surface area contributed by atoms with Crippen molar-refractivity contribution in [3.05, 3.63) is 0 Å². The van der Waals surface area contributed by atoms with Crippen molar-refractivity contribution in [1.82, 2.24) is 5.32 Å². The van der Waals surface area contributed by atoms with Crippen molar-refractivity contribution in [3.63, 3.8) is 0 Å². The van der Waals surface area contributed by atoms with Crippen LogP contribution in [-0.4, -0.2) is 34.6 Å². The van der Waals surface area contributed by atoms with Crippen molar-refractivity contribution in [2.24, 2.45) is 11.8 Å². The van der Waals surface area contributed by atoms with Gasteiger partial charge in [0, 0.05) is 12.3 Å². The first-order valence-corrected chi connectivity index (χ1v) is 6.85. The smallest absolute Gasteiger partial charge is 0.326 e. The molecule has 0 bridgehead atoms. The summed E-state index contributed by atoms with van der Waals surface area (Å²) in [7, 11) is 0. The average molecular weight is 285 g/mol. The van der Waals surface area contributed by atoms with Gasteiger partial charge in [0.2, 0.25) is 5.91 Å². The molecule has 1 amide bonds. The van der Waals surface area contributed by atoms with Crippen LogP contribution in [-0.2, 0) is 19.1 Å². The number of amides is 1. The Labute approximate surface area is 118 Å². The highest BCUT2D eigenvalue weighted by molar-refractivity contribution is 5.87. The minimum atomic E-state index is -1.13. The second-order valence-electron chi connectivity index (χ2n) is 6.34. The van der Waals surface area contributed by atoms with E-state index in [1.165, 1.54) is 0 Å². The molecule has 0 aromatic heterocycles. The van der Waals surface area contributed by atoms with Crippen LogP contribution in [0.15, 0.2) is 0 Å². The lowest BCUT2D eigenvalue weighted by Crippen LogP contribution is -2.42. The fourth-order valence-corrected chi connectivity index (χ4v) is 1.88. The Bertz CT molecular complexity index is 399. The molecule has 1 fully saturated rings. The van der Waals surface area contributed by atoms with Gasteiger partial charge in [0.25, 0.3) is 0 Å². The van der Waals surface area contributed by atoms with Crippen molar-refractivity contribution < 1.29 is 24.2 Å². The predicted molar refractivity (Wildman–Crippen MR) is 71.9 cm³/mol. The maximum Gasteiger partial charge on any atom is 0.326 e. The number of carboxylic acid groups (broad SMARTS) is 1. The molecule has 1 saturated carbocycles. The number of aliphatic carboxylic acids is 1. The van der Waals surface area contributed by atoms with Crippen LogP contribution in [0.4, 0.5) is 0 Å². The number of esters is 1. The van der Waals surface area contributed by atoms with E-state index in [1.807, 2.05) is 6.92 Å². The standard InChI is InChI=1S/C14H23NO5/c1-8-7-9(8)12(17)15-10(13(18)19)5-6-11(16)20-14(2,3)4/h8-10H,5-7H2,1-4H3,(H,15,17)(H,18,19)/t8?,9?,10-/m1/s1. The van der Waals surface area contributed by atoms with Crippen molar-refractivity contribution >= 4 is 17.8 Å². The molecule has 0 aliphatic heterocycles. The van der Waals surface area contributed by atoms with Crippen molar-refractivity contribution in [2.45, 2.75) is 58.6 Å². The maximum absolute atomic E-state index is 11.7. The van der Waals surface area contributed by atoms with E-state index in [-0.39, 0.29) is 24.7 Å². The zero-order valence-corrected chi connectivity index (χ0v) is 12.4. The van der Waals surface area contributed by atoms with E-state index >= 15 is 0 Å². The summed E-state index contributed by atoms with van der Waals surface area (Å²) in [6, 6.07) is -1.04. The lowest BCUT2D eigenvalue weighted by atomic mass is 10.1. The van der Waals surface area contributed by atoms with Crippen LogP contribution in [0.1, 0.15) is 47.0 Å². The molecular formula is C14H23NO5. The molecule has 1 rings (SSSR count). The van der Waals surface area contributed by atoms with Crippen LogP contribution >= 0.6 is 0 Å². The Hall–Kier alpha value is -1.59. The minimum absolute atomic E-state index is 0.0330. The number of ether oxygens (including phenoxy) is 1. The van der Waals surface area contributed by atoms with Crippen molar-refractivity contribution in [1.29, 1.82) is 0 Å². The van der Waals surface area contributed by atoms with Crippen LogP contribution in [0.3, 0.4) is 0 Å². The molecule has 6 nitrogen and oxygen atoms in total. The van der Waals surface area contributed by atoms with Gasteiger partial charge in [-0.1, -0.05) is 6.92 Å². The first-order valence-electron chi connectivity index (χ1n) is 6.85. The fourth-order valence-electron chi connectivity index (χ4n) is 1.88. The Morgan fingerprint density at radius 2 is 1.90 bits per heavy atom. The lowest BCUT2D eigenvalue weighted by molar-refractivity contribution is -0.155. The Morgan fingerprint density at radius 3 is 2.30 bits per heavy atom. The predicted octanol–water partition coefficient (Wildman–Crippen LogP) is 1.33. The highest BCUT2D eigenvalue weighted by Gasteiger charge is 2.40. The topological polar surface area (TPSA) is 92.7 Å². The molecule has 2 unspecified atom stereocenters. The second-order valence-corrected chi connectivity index (χ2v) is 6.34. The summed E-state index contributed by atoms with van der Waals surface area (Å²) < 4.78 is 5.11. The molecule has 0 radical (unpaired) electrons. The molecule has 0 heterocycles. The number of carbonyl (C=O) groups excluding carboxylic acids is 2. The molecular weight excluding hydrogens is 262 g/mol. The van der Waals surface area contributed by atoms with Gasteiger partial charge >= 0.3 is 11.9 Å². The fraction of sp³-hybridized carbons (Fsp3) is 0.786. The Kier molecular flexibility index (Phi) is 5.14. The third kappa shape index (κ3) is 5.59. The van der Waals surface area contributed by atoms with E-state index in [9.17, 15) is 14.4 Å². The van der Waals surface area contributed by atoms with E-state index in [0.717, 1.165) is 6.42 Å². The Balaban J connectivity index is 2.41. The summed E-state index contributed by atoms with van der Waals surface area (Å²) in [4.78, 5) is 34.3. The average Bonchev–Trinajstić information content (AvgIpc) is 2.98. The normalized spacial score (nSPS) is 22.8. The summed E-state index contributed by atoms with van der Waals surface area (Å²) in [6.07, 6.45) is 0.802. The summed E-state index contributed by atoms with van der Waals surface area (Å²) in [5.41, 5.74) is -0.595. The van der Waals surface area contributed by atoms with E-state index in [2.05, 4.69) is 5.32 Å². The first-order chi connectivity index (χ1) is 9.10. The second kappa shape index (κ2) is 6.24. The highest BCUT2D eigenvalue weighted by Crippen LogP contribution is 2.37. The molecule has 114 valence electrons. The number of carboxylic acids is 1. The number of rotatable bonds is 6. The van der Waals surface area contributed by atoms with Gasteiger partial charge in [-0.25, -0.2) is 4.79 Å². The van der Waals surface area contributed by atoms with Crippen molar-refractivity contribution in [2.75, 3.05) is 0 Å².